The van der Waals surface area contributed by atoms with Crippen molar-refractivity contribution < 1.29 is 28.5 Å². The van der Waals surface area contributed by atoms with Crippen LogP contribution in [0.15, 0.2) is 42.5 Å². The Labute approximate surface area is 188 Å². The van der Waals surface area contributed by atoms with Crippen LogP contribution in [0.1, 0.15) is 22.3 Å². The van der Waals surface area contributed by atoms with E-state index in [1.165, 1.54) is 26.4 Å². The van der Waals surface area contributed by atoms with Gasteiger partial charge in [0.1, 0.15) is 18.5 Å². The van der Waals surface area contributed by atoms with E-state index in [1.54, 1.807) is 18.2 Å². The summed E-state index contributed by atoms with van der Waals surface area (Å²) in [6.45, 7) is 5.00. The maximum absolute atomic E-state index is 13.1. The minimum Gasteiger partial charge on any atom is -0.493 e. The number of hydrogen-bond acceptors (Lipinski definition) is 7. The molecule has 0 aliphatic carbocycles. The van der Waals surface area contributed by atoms with Gasteiger partial charge in [0.05, 0.1) is 19.8 Å². The minimum absolute atomic E-state index is 0.115. The number of β-amino-alcohol motifs (C(OH)–C–C–N with tert-alkyl or cyclic N) is 1. The quantitative estimate of drug-likeness (QED) is 0.594. The predicted molar refractivity (Wildman–Crippen MR) is 119 cm³/mol. The number of hydrogen-bond donors (Lipinski definition) is 1. The second kappa shape index (κ2) is 11.8. The second-order valence-corrected chi connectivity index (χ2v) is 7.88. The molecule has 0 bridgehead atoms. The number of nitrogens with zero attached hydrogens (tertiary/aromatic N) is 2. The van der Waals surface area contributed by atoms with Gasteiger partial charge in [-0.15, -0.1) is 0 Å². The molecule has 7 nitrogen and oxygen atoms in total. The van der Waals surface area contributed by atoms with Crippen molar-refractivity contribution in [2.45, 2.75) is 19.1 Å². The Bertz CT molecular complexity index is 877. The van der Waals surface area contributed by atoms with Gasteiger partial charge in [-0.05, 0) is 55.4 Å². The fourth-order valence-corrected chi connectivity index (χ4v) is 3.78. The van der Waals surface area contributed by atoms with E-state index in [2.05, 4.69) is 9.80 Å². The molecule has 0 radical (unpaired) electrons. The van der Waals surface area contributed by atoms with Crippen LogP contribution in [0.25, 0.3) is 0 Å². The van der Waals surface area contributed by atoms with Gasteiger partial charge in [-0.1, -0.05) is 12.1 Å². The number of rotatable bonds is 9. The summed E-state index contributed by atoms with van der Waals surface area (Å²) >= 11 is 0. The first-order chi connectivity index (χ1) is 15.5. The zero-order chi connectivity index (χ0) is 22.9. The smallest absolute Gasteiger partial charge is 0.337 e. The summed E-state index contributed by atoms with van der Waals surface area (Å²) in [6.07, 6.45) is 0.334. The lowest BCUT2D eigenvalue weighted by Crippen LogP contribution is -2.38. The molecule has 0 aromatic heterocycles. The van der Waals surface area contributed by atoms with Gasteiger partial charge in [-0.3, -0.25) is 9.80 Å². The lowest BCUT2D eigenvalue weighted by molar-refractivity contribution is 0.0598. The zero-order valence-electron chi connectivity index (χ0n) is 18.6. The molecule has 1 fully saturated rings. The van der Waals surface area contributed by atoms with Gasteiger partial charge in [-0.2, -0.15) is 0 Å². The number of aliphatic hydroxyl groups excluding tert-OH is 1. The first kappa shape index (κ1) is 24.0. The monoisotopic (exact) mass is 446 g/mol. The van der Waals surface area contributed by atoms with Crippen molar-refractivity contribution in [3.63, 3.8) is 0 Å². The number of esters is 1. The van der Waals surface area contributed by atoms with Crippen molar-refractivity contribution in [2.75, 3.05) is 53.6 Å². The van der Waals surface area contributed by atoms with Crippen LogP contribution < -0.4 is 9.47 Å². The van der Waals surface area contributed by atoms with E-state index < -0.39 is 12.1 Å². The summed E-state index contributed by atoms with van der Waals surface area (Å²) in [5.74, 6) is 0.195. The van der Waals surface area contributed by atoms with Crippen molar-refractivity contribution in [1.82, 2.24) is 9.80 Å². The summed E-state index contributed by atoms with van der Waals surface area (Å²) in [4.78, 5) is 16.2. The number of aliphatic hydroxyl groups is 1. The third-order valence-electron chi connectivity index (χ3n) is 5.49. The third kappa shape index (κ3) is 6.91. The molecule has 1 unspecified atom stereocenters. The summed E-state index contributed by atoms with van der Waals surface area (Å²) in [7, 11) is 2.81. The van der Waals surface area contributed by atoms with Crippen LogP contribution in [0, 0.1) is 5.82 Å². The van der Waals surface area contributed by atoms with Crippen molar-refractivity contribution >= 4 is 5.97 Å². The normalized spacial score (nSPS) is 16.2. The molecule has 1 aliphatic heterocycles. The molecule has 174 valence electrons. The topological polar surface area (TPSA) is 71.5 Å². The summed E-state index contributed by atoms with van der Waals surface area (Å²) < 4.78 is 28.9. The number of carbonyl (C=O) groups excluding carboxylic acids is 1. The predicted octanol–water partition coefficient (Wildman–Crippen LogP) is 2.57. The Kier molecular flexibility index (Phi) is 8.84. The molecule has 2 aromatic rings. The summed E-state index contributed by atoms with van der Waals surface area (Å²) in [5.41, 5.74) is 1.47. The maximum Gasteiger partial charge on any atom is 0.337 e. The molecule has 2 aromatic carbocycles. The molecule has 1 aliphatic rings. The molecule has 0 amide bonds. The lowest BCUT2D eigenvalue weighted by Gasteiger charge is -2.24. The van der Waals surface area contributed by atoms with E-state index in [0.717, 1.165) is 44.7 Å². The second-order valence-electron chi connectivity index (χ2n) is 7.88. The van der Waals surface area contributed by atoms with Crippen LogP contribution in [-0.2, 0) is 11.3 Å². The molecular formula is C24H31FN2O5. The van der Waals surface area contributed by atoms with Gasteiger partial charge in [0.2, 0.25) is 0 Å². The van der Waals surface area contributed by atoms with Gasteiger partial charge < -0.3 is 19.3 Å². The third-order valence-corrected chi connectivity index (χ3v) is 5.49. The number of carbonyl (C=O) groups is 1. The van der Waals surface area contributed by atoms with Gasteiger partial charge in [0.25, 0.3) is 0 Å². The fraction of sp³-hybridized carbons (Fsp3) is 0.458. The number of halogens is 1. The Morgan fingerprint density at radius 3 is 2.47 bits per heavy atom. The molecule has 1 saturated heterocycles. The van der Waals surface area contributed by atoms with Crippen molar-refractivity contribution in [3.8, 4) is 11.5 Å². The van der Waals surface area contributed by atoms with Gasteiger partial charge in [0.15, 0.2) is 11.5 Å². The largest absolute Gasteiger partial charge is 0.493 e. The fourth-order valence-electron chi connectivity index (χ4n) is 3.78. The number of ether oxygens (including phenoxy) is 3. The van der Waals surface area contributed by atoms with E-state index in [9.17, 15) is 14.3 Å². The first-order valence-corrected chi connectivity index (χ1v) is 10.7. The van der Waals surface area contributed by atoms with Gasteiger partial charge in [-0.25, -0.2) is 9.18 Å². The Hall–Kier alpha value is -2.68. The van der Waals surface area contributed by atoms with E-state index in [0.29, 0.717) is 23.6 Å². The maximum atomic E-state index is 13.1. The van der Waals surface area contributed by atoms with E-state index in [4.69, 9.17) is 14.2 Å². The SMILES string of the molecule is COC(=O)c1ccc(OCC(O)CN2CCCN(Cc3ccc(F)cc3)CC2)c(OC)c1. The Balaban J connectivity index is 1.46. The summed E-state index contributed by atoms with van der Waals surface area (Å²) in [6, 6.07) is 11.4. The molecule has 0 saturated carbocycles. The highest BCUT2D eigenvalue weighted by atomic mass is 19.1. The average Bonchev–Trinajstić information content (AvgIpc) is 3.03. The zero-order valence-corrected chi connectivity index (χ0v) is 18.6. The van der Waals surface area contributed by atoms with Gasteiger partial charge in [0, 0.05) is 26.2 Å². The van der Waals surface area contributed by atoms with Crippen LogP contribution in [0.2, 0.25) is 0 Å². The van der Waals surface area contributed by atoms with Crippen molar-refractivity contribution in [3.05, 3.63) is 59.4 Å². The molecule has 0 spiro atoms. The summed E-state index contributed by atoms with van der Waals surface area (Å²) in [5, 5.41) is 10.5. The molecule has 1 N–H and O–H groups in total. The van der Waals surface area contributed by atoms with Crippen LogP contribution in [0.3, 0.4) is 0 Å². The standard InChI is InChI=1S/C24H31FN2O5/c1-30-23-14-19(24(29)31-2)6-9-22(23)32-17-21(28)16-27-11-3-10-26(12-13-27)15-18-4-7-20(25)8-5-18/h4-9,14,21,28H,3,10-13,15-17H2,1-2H3. The van der Waals surface area contributed by atoms with Crippen molar-refractivity contribution in [2.24, 2.45) is 0 Å². The molecule has 1 heterocycles. The highest BCUT2D eigenvalue weighted by Gasteiger charge is 2.19. The van der Waals surface area contributed by atoms with E-state index in [-0.39, 0.29) is 12.4 Å². The number of methoxy groups -OCH3 is 2. The van der Waals surface area contributed by atoms with Crippen molar-refractivity contribution in [1.29, 1.82) is 0 Å². The van der Waals surface area contributed by atoms with Crippen LogP contribution in [0.4, 0.5) is 4.39 Å². The minimum atomic E-state index is -0.663. The van der Waals surface area contributed by atoms with E-state index in [1.807, 2.05) is 12.1 Å². The Morgan fingerprint density at radius 1 is 1.03 bits per heavy atom. The molecular weight excluding hydrogens is 415 g/mol. The van der Waals surface area contributed by atoms with Crippen LogP contribution in [0.5, 0.6) is 11.5 Å². The first-order valence-electron chi connectivity index (χ1n) is 10.7. The molecule has 1 atom stereocenters. The molecule has 3 rings (SSSR count). The Morgan fingerprint density at radius 2 is 1.75 bits per heavy atom. The van der Waals surface area contributed by atoms with E-state index >= 15 is 0 Å². The number of benzene rings is 2. The van der Waals surface area contributed by atoms with Crippen LogP contribution in [-0.4, -0.2) is 80.5 Å². The van der Waals surface area contributed by atoms with Gasteiger partial charge >= 0.3 is 5.97 Å². The average molecular weight is 447 g/mol. The molecule has 32 heavy (non-hydrogen) atoms. The highest BCUT2D eigenvalue weighted by Crippen LogP contribution is 2.28. The highest BCUT2D eigenvalue weighted by molar-refractivity contribution is 5.90. The molecule has 8 heteroatoms. The lowest BCUT2D eigenvalue weighted by atomic mass is 10.2. The van der Waals surface area contributed by atoms with Crippen LogP contribution >= 0.6 is 0 Å².